The van der Waals surface area contributed by atoms with Gasteiger partial charge in [-0.05, 0) is 24.3 Å². The van der Waals surface area contributed by atoms with Crippen molar-refractivity contribution in [2.45, 2.75) is 19.9 Å². The molecule has 0 spiro atoms. The number of halogens is 1. The summed E-state index contributed by atoms with van der Waals surface area (Å²) in [5, 5.41) is 6.33. The molecule has 0 aliphatic heterocycles. The van der Waals surface area contributed by atoms with Gasteiger partial charge in [0.1, 0.15) is 5.82 Å². The van der Waals surface area contributed by atoms with Crippen LogP contribution in [0.15, 0.2) is 28.8 Å². The molecule has 18 heavy (non-hydrogen) atoms. The molecule has 0 radical (unpaired) electrons. The van der Waals surface area contributed by atoms with Crippen LogP contribution in [0.5, 0.6) is 0 Å². The fourth-order valence-electron chi connectivity index (χ4n) is 1.37. The fourth-order valence-corrected chi connectivity index (χ4v) is 1.37. The number of amides is 1. The highest BCUT2D eigenvalue weighted by atomic mass is 19.1. The first-order valence-electron chi connectivity index (χ1n) is 5.54. The van der Waals surface area contributed by atoms with Crippen LogP contribution < -0.4 is 5.32 Å². The summed E-state index contributed by atoms with van der Waals surface area (Å²) < 4.78 is 17.6. The van der Waals surface area contributed by atoms with E-state index < -0.39 is 0 Å². The summed E-state index contributed by atoms with van der Waals surface area (Å²) in [6.45, 7) is 2.08. The number of carbonyl (C=O) groups excluding carboxylic acids is 1. The first-order valence-corrected chi connectivity index (χ1v) is 5.54. The Labute approximate surface area is 103 Å². The molecular weight excluding hydrogens is 237 g/mol. The van der Waals surface area contributed by atoms with Crippen LogP contribution in [0.4, 0.5) is 4.39 Å². The Morgan fingerprint density at radius 3 is 2.72 bits per heavy atom. The maximum Gasteiger partial charge on any atom is 0.251 e. The number of nitrogens with one attached hydrogen (secondary N) is 1. The van der Waals surface area contributed by atoms with Gasteiger partial charge in [0.15, 0.2) is 5.82 Å². The van der Waals surface area contributed by atoms with Gasteiger partial charge in [0.2, 0.25) is 5.89 Å². The van der Waals surface area contributed by atoms with Gasteiger partial charge in [0.05, 0.1) is 6.54 Å². The largest absolute Gasteiger partial charge is 0.345 e. The lowest BCUT2D eigenvalue weighted by Gasteiger charge is -2.01. The molecule has 0 atom stereocenters. The molecule has 0 unspecified atom stereocenters. The molecule has 94 valence electrons. The van der Waals surface area contributed by atoms with Crippen molar-refractivity contribution in [2.24, 2.45) is 0 Å². The highest BCUT2D eigenvalue weighted by molar-refractivity contribution is 5.93. The van der Waals surface area contributed by atoms with Crippen molar-refractivity contribution in [3.05, 3.63) is 47.4 Å². The molecule has 5 nitrogen and oxygen atoms in total. The topological polar surface area (TPSA) is 68.0 Å². The van der Waals surface area contributed by atoms with Crippen molar-refractivity contribution in [1.82, 2.24) is 15.5 Å². The number of aryl methyl sites for hydroxylation is 1. The number of aromatic nitrogens is 2. The Kier molecular flexibility index (Phi) is 3.66. The quantitative estimate of drug-likeness (QED) is 0.895. The third kappa shape index (κ3) is 2.91. The van der Waals surface area contributed by atoms with E-state index in [9.17, 15) is 9.18 Å². The highest BCUT2D eigenvalue weighted by Crippen LogP contribution is 2.03. The van der Waals surface area contributed by atoms with Crippen LogP contribution in [0.25, 0.3) is 0 Å². The van der Waals surface area contributed by atoms with Gasteiger partial charge in [-0.3, -0.25) is 4.79 Å². The normalized spacial score (nSPS) is 10.3. The average molecular weight is 249 g/mol. The van der Waals surface area contributed by atoms with Crippen LogP contribution in [0.3, 0.4) is 0 Å². The predicted molar refractivity (Wildman–Crippen MR) is 61.2 cm³/mol. The first kappa shape index (κ1) is 12.2. The van der Waals surface area contributed by atoms with Gasteiger partial charge in [-0.15, -0.1) is 0 Å². The highest BCUT2D eigenvalue weighted by Gasteiger charge is 2.08. The Hall–Kier alpha value is -2.24. The minimum atomic E-state index is -0.377. The molecule has 1 N–H and O–H groups in total. The molecule has 0 saturated carbocycles. The molecule has 0 fully saturated rings. The molecule has 0 bridgehead atoms. The Balaban J connectivity index is 1.93. The zero-order valence-electron chi connectivity index (χ0n) is 9.81. The van der Waals surface area contributed by atoms with E-state index in [4.69, 9.17) is 4.52 Å². The van der Waals surface area contributed by atoms with E-state index in [0.29, 0.717) is 23.7 Å². The van der Waals surface area contributed by atoms with Gasteiger partial charge in [0, 0.05) is 12.0 Å². The molecule has 0 aliphatic carbocycles. The van der Waals surface area contributed by atoms with E-state index in [1.54, 1.807) is 0 Å². The summed E-state index contributed by atoms with van der Waals surface area (Å²) in [6, 6.07) is 5.30. The van der Waals surface area contributed by atoms with Crippen molar-refractivity contribution in [2.75, 3.05) is 0 Å². The van der Waals surface area contributed by atoms with Crippen LogP contribution in [0.2, 0.25) is 0 Å². The van der Waals surface area contributed by atoms with E-state index in [2.05, 4.69) is 15.5 Å². The minimum Gasteiger partial charge on any atom is -0.345 e. The van der Waals surface area contributed by atoms with Gasteiger partial charge >= 0.3 is 0 Å². The lowest BCUT2D eigenvalue weighted by Crippen LogP contribution is -2.23. The summed E-state index contributed by atoms with van der Waals surface area (Å²) in [6.07, 6.45) is 0.652. The molecule has 0 saturated heterocycles. The number of hydrogen-bond donors (Lipinski definition) is 1. The second-order valence-corrected chi connectivity index (χ2v) is 3.65. The van der Waals surface area contributed by atoms with Gasteiger partial charge in [-0.1, -0.05) is 12.1 Å². The second-order valence-electron chi connectivity index (χ2n) is 3.65. The minimum absolute atomic E-state index is 0.180. The van der Waals surface area contributed by atoms with Crippen LogP contribution in [0.1, 0.15) is 29.0 Å². The molecule has 1 aromatic heterocycles. The van der Waals surface area contributed by atoms with E-state index >= 15 is 0 Å². The zero-order valence-corrected chi connectivity index (χ0v) is 9.81. The van der Waals surface area contributed by atoms with Crippen LogP contribution in [0, 0.1) is 5.82 Å². The van der Waals surface area contributed by atoms with E-state index in [-0.39, 0.29) is 18.3 Å². The smallest absolute Gasteiger partial charge is 0.251 e. The molecule has 2 aromatic rings. The fraction of sp³-hybridized carbons (Fsp3) is 0.250. The summed E-state index contributed by atoms with van der Waals surface area (Å²) in [7, 11) is 0. The number of nitrogens with zero attached hydrogens (tertiary/aromatic N) is 2. The van der Waals surface area contributed by atoms with Gasteiger partial charge < -0.3 is 9.84 Å². The molecule has 2 rings (SSSR count). The zero-order chi connectivity index (χ0) is 13.0. The van der Waals surface area contributed by atoms with Crippen molar-refractivity contribution in [1.29, 1.82) is 0 Å². The monoisotopic (exact) mass is 249 g/mol. The summed E-state index contributed by atoms with van der Waals surface area (Å²) >= 11 is 0. The van der Waals surface area contributed by atoms with Crippen LogP contribution >= 0.6 is 0 Å². The van der Waals surface area contributed by atoms with Crippen molar-refractivity contribution in [3.8, 4) is 0 Å². The third-order valence-electron chi connectivity index (χ3n) is 2.33. The number of benzene rings is 1. The SMILES string of the molecule is CCc1nc(CNC(=O)c2ccc(F)cc2)no1. The standard InChI is InChI=1S/C12H12FN3O2/c1-2-11-15-10(16-18-11)7-14-12(17)8-3-5-9(13)6-4-8/h3-6H,2,7H2,1H3,(H,14,17). The van der Waals surface area contributed by atoms with Gasteiger partial charge in [-0.2, -0.15) is 4.98 Å². The maximum absolute atomic E-state index is 12.7. The van der Waals surface area contributed by atoms with Crippen LogP contribution in [-0.4, -0.2) is 16.0 Å². The van der Waals surface area contributed by atoms with Gasteiger partial charge in [0.25, 0.3) is 5.91 Å². The second kappa shape index (κ2) is 5.39. The average Bonchev–Trinajstić information content (AvgIpc) is 2.85. The molecule has 1 amide bonds. The number of rotatable bonds is 4. The molecule has 0 aliphatic rings. The summed E-state index contributed by atoms with van der Waals surface area (Å²) in [4.78, 5) is 15.7. The maximum atomic E-state index is 12.7. The molecule has 1 aromatic carbocycles. The predicted octanol–water partition coefficient (Wildman–Crippen LogP) is 1.70. The molecule has 1 heterocycles. The summed E-state index contributed by atoms with van der Waals surface area (Å²) in [5.41, 5.74) is 0.385. The lowest BCUT2D eigenvalue weighted by atomic mass is 10.2. The van der Waals surface area contributed by atoms with Crippen molar-refractivity contribution in [3.63, 3.8) is 0 Å². The van der Waals surface area contributed by atoms with Crippen LogP contribution in [-0.2, 0) is 13.0 Å². The Morgan fingerprint density at radius 2 is 2.11 bits per heavy atom. The number of carbonyl (C=O) groups is 1. The van der Waals surface area contributed by atoms with E-state index in [1.165, 1.54) is 24.3 Å². The first-order chi connectivity index (χ1) is 8.69. The molecular formula is C12H12FN3O2. The Bertz CT molecular complexity index is 537. The van der Waals surface area contributed by atoms with Crippen molar-refractivity contribution >= 4 is 5.91 Å². The van der Waals surface area contributed by atoms with E-state index in [0.717, 1.165) is 0 Å². The van der Waals surface area contributed by atoms with Gasteiger partial charge in [-0.25, -0.2) is 4.39 Å². The summed E-state index contributed by atoms with van der Waals surface area (Å²) in [5.74, 6) is 0.262. The lowest BCUT2D eigenvalue weighted by molar-refractivity contribution is 0.0949. The molecule has 6 heteroatoms. The van der Waals surface area contributed by atoms with E-state index in [1.807, 2.05) is 6.92 Å². The Morgan fingerprint density at radius 1 is 1.39 bits per heavy atom. The van der Waals surface area contributed by atoms with Crippen molar-refractivity contribution < 1.29 is 13.7 Å². The third-order valence-corrected chi connectivity index (χ3v) is 2.33. The number of hydrogen-bond acceptors (Lipinski definition) is 4.